The van der Waals surface area contributed by atoms with Crippen LogP contribution in [0, 0.1) is 0 Å². The molecule has 9 nitrogen and oxygen atoms in total. The standard InChI is InChI=1S/C87H146NO8P/c1-3-5-7-9-11-13-15-17-19-21-23-25-27-29-31-33-35-37-39-40-41-42-43-44-46-47-49-51-53-55-57-59-61-63-65-67-69-71-73-75-77-79-86(89)93-83-85(84-95-97(91,92)94-82-81-88)96-87(90)80-78-76-74-72-70-68-66-64-62-60-58-56-54-52-50-48-45-38-36-34-32-30-28-26-24-22-20-18-16-14-12-10-8-6-4-2/h5-8,11-14,17-20,23-26,29-32,35-38,48,50,54,56,85H,3-4,9-10,15-16,21-22,27-28,33-34,39-47,49,51-53,55,57-84,88H2,1-2H3,(H,91,92)/b7-5-,8-6-,13-11-,14-12-,19-17-,20-18-,25-23-,26-24-,31-29-,32-30-,37-35-,38-36-,50-48-,56-54-. The van der Waals surface area contributed by atoms with Gasteiger partial charge in [0.25, 0.3) is 0 Å². The van der Waals surface area contributed by atoms with Gasteiger partial charge in [-0.1, -0.05) is 364 Å². The van der Waals surface area contributed by atoms with E-state index in [2.05, 4.69) is 184 Å². The van der Waals surface area contributed by atoms with Gasteiger partial charge >= 0.3 is 19.8 Å². The Balaban J connectivity index is 3.85. The number of nitrogens with two attached hydrogens (primary N) is 1. The van der Waals surface area contributed by atoms with Crippen LogP contribution in [0.2, 0.25) is 0 Å². The highest BCUT2D eigenvalue weighted by Crippen LogP contribution is 2.43. The normalized spacial score (nSPS) is 13.8. The van der Waals surface area contributed by atoms with Crippen LogP contribution in [0.3, 0.4) is 0 Å². The predicted octanol–water partition coefficient (Wildman–Crippen LogP) is 26.9. The monoisotopic (exact) mass is 1360 g/mol. The van der Waals surface area contributed by atoms with Crippen LogP contribution in [0.1, 0.15) is 335 Å². The average molecular weight is 1370 g/mol. The first-order valence-electron chi connectivity index (χ1n) is 39.6. The largest absolute Gasteiger partial charge is 0.472 e. The summed E-state index contributed by atoms with van der Waals surface area (Å²) in [5.41, 5.74) is 5.41. The van der Waals surface area contributed by atoms with Gasteiger partial charge in [-0.15, -0.1) is 0 Å². The molecule has 552 valence electrons. The Labute approximate surface area is 597 Å². The van der Waals surface area contributed by atoms with Gasteiger partial charge in [-0.3, -0.25) is 18.6 Å². The lowest BCUT2D eigenvalue weighted by molar-refractivity contribution is -0.161. The van der Waals surface area contributed by atoms with E-state index in [0.29, 0.717) is 6.42 Å². The molecule has 0 spiro atoms. The van der Waals surface area contributed by atoms with Crippen LogP contribution in [0.25, 0.3) is 0 Å². The molecule has 0 rings (SSSR count). The number of unbranched alkanes of at least 4 members (excludes halogenated alkanes) is 32. The smallest absolute Gasteiger partial charge is 0.462 e. The second-order valence-electron chi connectivity index (χ2n) is 25.8. The maximum atomic E-state index is 12.8. The third-order valence-electron chi connectivity index (χ3n) is 16.6. The van der Waals surface area contributed by atoms with Crippen molar-refractivity contribution >= 4 is 19.8 Å². The van der Waals surface area contributed by atoms with Gasteiger partial charge in [0.05, 0.1) is 13.2 Å². The maximum Gasteiger partial charge on any atom is 0.472 e. The SMILES string of the molecule is CC/C=C\C/C=C\C/C=C\C/C=C\C/C=C\C/C=C\C/C=C\C/C=C\CCCCCCCCCCCCC(=O)OC(COC(=O)CCCCCCCCCCCCCCCCCCCCCCCC/C=C\C/C=C\C/C=C\C/C=C\C/C=C\C/C=C\CC)COP(=O)(O)OCCN. The minimum Gasteiger partial charge on any atom is -0.462 e. The fraction of sp³-hybridized carbons (Fsp3) is 0.655. The molecule has 0 aliphatic heterocycles. The molecule has 2 atom stereocenters. The van der Waals surface area contributed by atoms with E-state index in [0.717, 1.165) is 135 Å². The molecule has 0 aromatic carbocycles. The van der Waals surface area contributed by atoms with Gasteiger partial charge < -0.3 is 20.1 Å². The summed E-state index contributed by atoms with van der Waals surface area (Å²) in [6.07, 6.45) is 119. The summed E-state index contributed by atoms with van der Waals surface area (Å²) in [4.78, 5) is 35.5. The van der Waals surface area contributed by atoms with E-state index in [1.165, 1.54) is 167 Å². The molecule has 0 aliphatic carbocycles. The summed E-state index contributed by atoms with van der Waals surface area (Å²) in [5.74, 6) is -0.829. The van der Waals surface area contributed by atoms with Crippen molar-refractivity contribution in [2.24, 2.45) is 5.73 Å². The average Bonchev–Trinajstić information content (AvgIpc) is 2.69. The molecule has 0 fully saturated rings. The van der Waals surface area contributed by atoms with Crippen molar-refractivity contribution in [3.63, 3.8) is 0 Å². The lowest BCUT2D eigenvalue weighted by Crippen LogP contribution is -2.29. The third kappa shape index (κ3) is 80.2. The van der Waals surface area contributed by atoms with E-state index >= 15 is 0 Å². The highest BCUT2D eigenvalue weighted by atomic mass is 31.2. The number of phosphoric ester groups is 1. The van der Waals surface area contributed by atoms with Gasteiger partial charge in [-0.25, -0.2) is 4.57 Å². The predicted molar refractivity (Wildman–Crippen MR) is 422 cm³/mol. The first-order chi connectivity index (χ1) is 47.8. The fourth-order valence-corrected chi connectivity index (χ4v) is 11.6. The molecular weight excluding hydrogens is 1220 g/mol. The number of rotatable bonds is 73. The summed E-state index contributed by atoms with van der Waals surface area (Å²) in [6, 6.07) is 0. The van der Waals surface area contributed by atoms with Crippen LogP contribution < -0.4 is 5.73 Å². The van der Waals surface area contributed by atoms with Gasteiger partial charge in [-0.05, 0) is 128 Å². The van der Waals surface area contributed by atoms with E-state index in [1.807, 2.05) is 0 Å². The number of ether oxygens (including phenoxy) is 2. The Morgan fingerprint density at radius 1 is 0.309 bits per heavy atom. The van der Waals surface area contributed by atoms with Crippen LogP contribution >= 0.6 is 7.82 Å². The van der Waals surface area contributed by atoms with Gasteiger partial charge in [0, 0.05) is 19.4 Å². The van der Waals surface area contributed by atoms with Crippen molar-refractivity contribution in [3.05, 3.63) is 170 Å². The molecule has 0 amide bonds. The molecule has 0 heterocycles. The van der Waals surface area contributed by atoms with Crippen LogP contribution in [0.4, 0.5) is 0 Å². The molecule has 2 unspecified atom stereocenters. The fourth-order valence-electron chi connectivity index (χ4n) is 10.8. The van der Waals surface area contributed by atoms with E-state index in [-0.39, 0.29) is 38.6 Å². The number of hydrogen-bond donors (Lipinski definition) is 2. The molecule has 0 saturated heterocycles. The van der Waals surface area contributed by atoms with Crippen LogP contribution in [-0.2, 0) is 32.7 Å². The number of carbonyl (C=O) groups is 2. The van der Waals surface area contributed by atoms with Gasteiger partial charge in [0.1, 0.15) is 6.61 Å². The zero-order valence-electron chi connectivity index (χ0n) is 62.3. The number of allylic oxidation sites excluding steroid dienone is 28. The molecule has 97 heavy (non-hydrogen) atoms. The van der Waals surface area contributed by atoms with Gasteiger partial charge in [-0.2, -0.15) is 0 Å². The zero-order valence-corrected chi connectivity index (χ0v) is 63.2. The highest BCUT2D eigenvalue weighted by Gasteiger charge is 2.26. The maximum absolute atomic E-state index is 12.8. The number of phosphoric acid groups is 1. The van der Waals surface area contributed by atoms with Crippen molar-refractivity contribution < 1.29 is 37.6 Å². The molecular formula is C87H146NO8P. The Hall–Kier alpha value is -4.63. The van der Waals surface area contributed by atoms with Gasteiger partial charge in [0.2, 0.25) is 0 Å². The molecule has 0 radical (unpaired) electrons. The Morgan fingerprint density at radius 2 is 0.536 bits per heavy atom. The zero-order chi connectivity index (χ0) is 70.0. The lowest BCUT2D eigenvalue weighted by atomic mass is 10.0. The summed E-state index contributed by atoms with van der Waals surface area (Å²) in [7, 11) is -4.41. The van der Waals surface area contributed by atoms with Crippen molar-refractivity contribution in [2.75, 3.05) is 26.4 Å². The summed E-state index contributed by atoms with van der Waals surface area (Å²) in [5, 5.41) is 0. The summed E-state index contributed by atoms with van der Waals surface area (Å²) >= 11 is 0. The summed E-state index contributed by atoms with van der Waals surface area (Å²) in [6.45, 7) is 3.53. The topological polar surface area (TPSA) is 134 Å². The first-order valence-corrected chi connectivity index (χ1v) is 41.1. The Kier molecular flexibility index (Phi) is 76.5. The molecule has 10 heteroatoms. The van der Waals surface area contributed by atoms with Crippen LogP contribution in [0.15, 0.2) is 170 Å². The first kappa shape index (κ1) is 92.4. The van der Waals surface area contributed by atoms with E-state index in [4.69, 9.17) is 24.3 Å². The van der Waals surface area contributed by atoms with Crippen molar-refractivity contribution in [1.82, 2.24) is 0 Å². The molecule has 0 aliphatic rings. The highest BCUT2D eigenvalue weighted by molar-refractivity contribution is 7.47. The minimum atomic E-state index is -4.41. The van der Waals surface area contributed by atoms with Gasteiger partial charge in [0.15, 0.2) is 6.10 Å². The summed E-state index contributed by atoms with van der Waals surface area (Å²) < 4.78 is 33.3. The van der Waals surface area contributed by atoms with E-state index < -0.39 is 26.5 Å². The second kappa shape index (κ2) is 80.3. The van der Waals surface area contributed by atoms with Crippen LogP contribution in [-0.4, -0.2) is 49.3 Å². The van der Waals surface area contributed by atoms with E-state index in [9.17, 15) is 19.0 Å². The van der Waals surface area contributed by atoms with Crippen LogP contribution in [0.5, 0.6) is 0 Å². The molecule has 3 N–H and O–H groups in total. The lowest BCUT2D eigenvalue weighted by Gasteiger charge is -2.19. The molecule has 0 aromatic rings. The quantitative estimate of drug-likeness (QED) is 0.0264. The third-order valence-corrected chi connectivity index (χ3v) is 17.6. The molecule has 0 aromatic heterocycles. The number of carbonyl (C=O) groups excluding carboxylic acids is 2. The molecule has 0 saturated carbocycles. The van der Waals surface area contributed by atoms with Crippen molar-refractivity contribution in [2.45, 2.75) is 341 Å². The van der Waals surface area contributed by atoms with E-state index in [1.54, 1.807) is 0 Å². The van der Waals surface area contributed by atoms with Crippen molar-refractivity contribution in [3.8, 4) is 0 Å². The Morgan fingerprint density at radius 3 is 0.794 bits per heavy atom. The number of hydrogen-bond acceptors (Lipinski definition) is 8. The molecule has 0 bridgehead atoms. The number of esters is 2. The Bertz CT molecular complexity index is 2210. The van der Waals surface area contributed by atoms with Crippen molar-refractivity contribution in [1.29, 1.82) is 0 Å². The second-order valence-corrected chi connectivity index (χ2v) is 27.3. The minimum absolute atomic E-state index is 0.0472.